The van der Waals surface area contributed by atoms with Crippen LogP contribution in [0.15, 0.2) is 72.8 Å². The summed E-state index contributed by atoms with van der Waals surface area (Å²) in [4.78, 5) is 29.7. The molecule has 3 aromatic rings. The van der Waals surface area contributed by atoms with Crippen LogP contribution in [0.25, 0.3) is 0 Å². The molecular weight excluding hydrogens is 614 g/mol. The molecule has 0 spiro atoms. The summed E-state index contributed by atoms with van der Waals surface area (Å²) in [6.07, 6.45) is 6.91. The Kier molecular flexibility index (Phi) is 10.9. The van der Waals surface area contributed by atoms with Crippen LogP contribution < -0.4 is 19.1 Å². The van der Waals surface area contributed by atoms with Gasteiger partial charge in [-0.15, -0.1) is 0 Å². The third kappa shape index (κ3) is 8.92. The molecule has 1 fully saturated rings. The van der Waals surface area contributed by atoms with E-state index in [-0.39, 0.29) is 50.6 Å². The Labute approximate surface area is 270 Å². The molecule has 2 amide bonds. The van der Waals surface area contributed by atoms with Gasteiger partial charge in [-0.1, -0.05) is 73.3 Å². The van der Waals surface area contributed by atoms with Crippen LogP contribution in [0.3, 0.4) is 0 Å². The van der Waals surface area contributed by atoms with E-state index in [9.17, 15) is 18.0 Å². The predicted molar refractivity (Wildman–Crippen MR) is 175 cm³/mol. The second-order valence-electron chi connectivity index (χ2n) is 11.7. The smallest absolute Gasteiger partial charge is 0.243 e. The van der Waals surface area contributed by atoms with Gasteiger partial charge in [-0.05, 0) is 54.7 Å². The summed E-state index contributed by atoms with van der Waals surface area (Å²) in [7, 11) is -3.66. The van der Waals surface area contributed by atoms with Crippen LogP contribution in [0.2, 0.25) is 5.02 Å². The third-order valence-corrected chi connectivity index (χ3v) is 9.69. The summed E-state index contributed by atoms with van der Waals surface area (Å²) in [6.45, 7) is 0.340. The normalized spacial score (nSPS) is 15.3. The van der Waals surface area contributed by atoms with E-state index in [1.165, 1.54) is 4.31 Å². The van der Waals surface area contributed by atoms with E-state index in [1.54, 1.807) is 35.2 Å². The fourth-order valence-electron chi connectivity index (χ4n) is 5.97. The van der Waals surface area contributed by atoms with Crippen LogP contribution in [0.4, 0.5) is 5.69 Å². The quantitative estimate of drug-likeness (QED) is 0.254. The van der Waals surface area contributed by atoms with E-state index in [0.717, 1.165) is 49.5 Å². The lowest BCUT2D eigenvalue weighted by atomic mass is 9.94. The second kappa shape index (κ2) is 15.0. The first-order valence-corrected chi connectivity index (χ1v) is 17.7. The number of anilines is 1. The van der Waals surface area contributed by atoms with E-state index in [4.69, 9.17) is 21.1 Å². The minimum Gasteiger partial charge on any atom is -0.454 e. The van der Waals surface area contributed by atoms with Gasteiger partial charge in [-0.25, -0.2) is 8.42 Å². The van der Waals surface area contributed by atoms with Crippen molar-refractivity contribution in [2.75, 3.05) is 23.9 Å². The van der Waals surface area contributed by atoms with E-state index < -0.39 is 16.1 Å². The summed E-state index contributed by atoms with van der Waals surface area (Å²) >= 11 is 6.30. The average molecular weight is 654 g/mol. The number of hydrogen-bond donors (Lipinski definition) is 1. The molecule has 2 aliphatic rings. The van der Waals surface area contributed by atoms with Crippen molar-refractivity contribution in [2.24, 2.45) is 0 Å². The van der Waals surface area contributed by atoms with Crippen molar-refractivity contribution in [3.05, 3.63) is 88.9 Å². The van der Waals surface area contributed by atoms with E-state index in [1.807, 2.05) is 42.5 Å². The summed E-state index contributed by atoms with van der Waals surface area (Å²) in [5.41, 5.74) is 2.17. The number of amides is 2. The van der Waals surface area contributed by atoms with Crippen molar-refractivity contribution in [2.45, 2.75) is 70.0 Å². The van der Waals surface area contributed by atoms with Crippen molar-refractivity contribution in [1.82, 2.24) is 10.2 Å². The second-order valence-corrected chi connectivity index (χ2v) is 14.0. The molecule has 3 aromatic carbocycles. The molecule has 45 heavy (non-hydrogen) atoms. The maximum atomic E-state index is 14.1. The van der Waals surface area contributed by atoms with Crippen LogP contribution in [0.1, 0.15) is 56.1 Å². The minimum absolute atomic E-state index is 0.0408. The Morgan fingerprint density at radius 3 is 2.40 bits per heavy atom. The molecule has 0 bridgehead atoms. The molecule has 1 aliphatic heterocycles. The lowest BCUT2D eigenvalue weighted by Crippen LogP contribution is -2.52. The van der Waals surface area contributed by atoms with Crippen LogP contribution in [0.5, 0.6) is 11.5 Å². The monoisotopic (exact) mass is 653 g/mol. The van der Waals surface area contributed by atoms with Crippen molar-refractivity contribution in [3.8, 4) is 11.5 Å². The molecule has 240 valence electrons. The van der Waals surface area contributed by atoms with Crippen LogP contribution in [0, 0.1) is 0 Å². The number of ether oxygens (including phenoxy) is 2. The number of benzene rings is 3. The zero-order valence-electron chi connectivity index (χ0n) is 25.5. The Bertz CT molecular complexity index is 1580. The van der Waals surface area contributed by atoms with Crippen molar-refractivity contribution >= 4 is 39.1 Å². The predicted octanol–water partition coefficient (Wildman–Crippen LogP) is 5.70. The number of fused-ring (bicyclic) bond motifs is 1. The first kappa shape index (κ1) is 32.6. The van der Waals surface area contributed by atoms with E-state index >= 15 is 0 Å². The number of carbonyl (C=O) groups excluding carboxylic acids is 2. The SMILES string of the molecule is CS(=O)(=O)N(CCCC(=O)N(Cc1cccc(Cl)c1)C(Cc1ccccc1)C(=O)NC1CCCCC1)c1ccc2c(c1)OCO2. The molecule has 5 rings (SSSR count). The molecule has 0 radical (unpaired) electrons. The van der Waals surface area contributed by atoms with Crippen molar-refractivity contribution in [1.29, 1.82) is 0 Å². The highest BCUT2D eigenvalue weighted by Crippen LogP contribution is 2.36. The van der Waals surface area contributed by atoms with Gasteiger partial charge in [0.2, 0.25) is 28.6 Å². The highest BCUT2D eigenvalue weighted by molar-refractivity contribution is 7.92. The number of hydrogen-bond acceptors (Lipinski definition) is 6. The fourth-order valence-corrected chi connectivity index (χ4v) is 7.14. The Morgan fingerprint density at radius 1 is 0.933 bits per heavy atom. The van der Waals surface area contributed by atoms with E-state index in [0.29, 0.717) is 28.6 Å². The molecule has 1 saturated carbocycles. The number of halogens is 1. The largest absolute Gasteiger partial charge is 0.454 e. The molecule has 1 heterocycles. The zero-order valence-corrected chi connectivity index (χ0v) is 27.1. The lowest BCUT2D eigenvalue weighted by Gasteiger charge is -2.34. The highest BCUT2D eigenvalue weighted by atomic mass is 35.5. The molecule has 0 aromatic heterocycles. The lowest BCUT2D eigenvalue weighted by molar-refractivity contribution is -0.141. The topological polar surface area (TPSA) is 105 Å². The maximum Gasteiger partial charge on any atom is 0.243 e. The molecule has 1 unspecified atom stereocenters. The van der Waals surface area contributed by atoms with Gasteiger partial charge < -0.3 is 19.7 Å². The number of nitrogens with one attached hydrogen (secondary N) is 1. The van der Waals surface area contributed by atoms with Gasteiger partial charge in [0.25, 0.3) is 0 Å². The van der Waals surface area contributed by atoms with Gasteiger partial charge in [0, 0.05) is 43.1 Å². The molecular formula is C34H40ClN3O6S. The highest BCUT2D eigenvalue weighted by Gasteiger charge is 2.32. The molecule has 1 aliphatic carbocycles. The standard InChI is InChI=1S/C34H40ClN3O6S/c1-45(41,42)38(29-17-18-31-32(22-29)44-24-43-31)19-9-16-33(39)37(23-26-12-8-13-27(35)20-26)30(21-25-10-4-2-5-11-25)34(40)36-28-14-6-3-7-15-28/h2,4-5,8,10-13,17-18,20,22,28,30H,3,6-7,9,14-16,19,21,23-24H2,1H3,(H,36,40). The summed E-state index contributed by atoms with van der Waals surface area (Å²) in [6, 6.07) is 21.2. The third-order valence-electron chi connectivity index (χ3n) is 8.26. The summed E-state index contributed by atoms with van der Waals surface area (Å²) in [5, 5.41) is 3.78. The summed E-state index contributed by atoms with van der Waals surface area (Å²) < 4.78 is 37.7. The zero-order chi connectivity index (χ0) is 31.8. The first-order chi connectivity index (χ1) is 21.7. The molecule has 0 saturated heterocycles. The van der Waals surface area contributed by atoms with Gasteiger partial charge in [0.05, 0.1) is 11.9 Å². The van der Waals surface area contributed by atoms with Gasteiger partial charge >= 0.3 is 0 Å². The van der Waals surface area contributed by atoms with Crippen molar-refractivity contribution < 1.29 is 27.5 Å². The Hall–Kier alpha value is -3.76. The number of sulfonamides is 1. The average Bonchev–Trinajstić information content (AvgIpc) is 3.49. The van der Waals surface area contributed by atoms with Gasteiger partial charge in [0.15, 0.2) is 11.5 Å². The number of carbonyl (C=O) groups is 2. The minimum atomic E-state index is -3.66. The molecule has 1 atom stereocenters. The number of nitrogens with zero attached hydrogens (tertiary/aromatic N) is 2. The summed E-state index contributed by atoms with van der Waals surface area (Å²) in [5.74, 6) is 0.598. The van der Waals surface area contributed by atoms with Gasteiger partial charge in [0.1, 0.15) is 6.04 Å². The first-order valence-electron chi connectivity index (χ1n) is 15.4. The van der Waals surface area contributed by atoms with Crippen molar-refractivity contribution in [3.63, 3.8) is 0 Å². The molecule has 11 heteroatoms. The molecule has 9 nitrogen and oxygen atoms in total. The van der Waals surface area contributed by atoms with Gasteiger partial charge in [-0.2, -0.15) is 0 Å². The maximum absolute atomic E-state index is 14.1. The van der Waals surface area contributed by atoms with Crippen LogP contribution in [-0.4, -0.2) is 56.8 Å². The number of rotatable bonds is 13. The van der Waals surface area contributed by atoms with Crippen LogP contribution >= 0.6 is 11.6 Å². The molecule has 1 N–H and O–H groups in total. The van der Waals surface area contributed by atoms with E-state index in [2.05, 4.69) is 5.32 Å². The van der Waals surface area contributed by atoms with Gasteiger partial charge in [-0.3, -0.25) is 13.9 Å². The Morgan fingerprint density at radius 2 is 1.67 bits per heavy atom. The van der Waals surface area contributed by atoms with Crippen LogP contribution in [-0.2, 0) is 32.6 Å². The fraction of sp³-hybridized carbons (Fsp3) is 0.412. The Balaban J connectivity index is 1.38.